The van der Waals surface area contributed by atoms with Crippen molar-refractivity contribution < 1.29 is 14.3 Å². The summed E-state index contributed by atoms with van der Waals surface area (Å²) < 4.78 is 5.75. The molecular weight excluding hydrogens is 374 g/mol. The molecule has 6 nitrogen and oxygen atoms in total. The van der Waals surface area contributed by atoms with Crippen molar-refractivity contribution in [3.63, 3.8) is 0 Å². The standard InChI is InChI=1S/C21H19N3O3S/c1-14-11-16(20(25)26)7-9-18(14)19-10-8-17(27-19)13-23-24-21(28)22-12-15-5-3-2-4-6-15/h2-11,13H,12H2,1H3,(H,25,26)(H2,22,24,28)/p-1/b23-13-. The number of thiocarbonyl (C=S) groups is 1. The van der Waals surface area contributed by atoms with Crippen molar-refractivity contribution in [3.8, 4) is 11.3 Å². The minimum atomic E-state index is -1.20. The number of carboxylic acids is 1. The van der Waals surface area contributed by atoms with Crippen molar-refractivity contribution >= 4 is 29.5 Å². The van der Waals surface area contributed by atoms with Gasteiger partial charge in [0.2, 0.25) is 0 Å². The lowest BCUT2D eigenvalue weighted by Crippen LogP contribution is -2.31. The molecule has 1 aromatic heterocycles. The molecule has 142 valence electrons. The quantitative estimate of drug-likeness (QED) is 0.381. The Morgan fingerprint density at radius 3 is 2.68 bits per heavy atom. The smallest absolute Gasteiger partial charge is 0.187 e. The van der Waals surface area contributed by atoms with Crippen molar-refractivity contribution in [1.82, 2.24) is 10.7 Å². The molecule has 3 aromatic rings. The molecule has 2 aromatic carbocycles. The maximum atomic E-state index is 10.9. The molecule has 2 N–H and O–H groups in total. The Balaban J connectivity index is 1.57. The fraction of sp³-hybridized carbons (Fsp3) is 0.0952. The van der Waals surface area contributed by atoms with Crippen LogP contribution < -0.4 is 15.8 Å². The Labute approximate surface area is 167 Å². The summed E-state index contributed by atoms with van der Waals surface area (Å²) in [5, 5.41) is 18.5. The number of aryl methyl sites for hydroxylation is 1. The Hall–Kier alpha value is -3.45. The highest BCUT2D eigenvalue weighted by Crippen LogP contribution is 2.25. The molecule has 0 unspecified atom stereocenters. The SMILES string of the molecule is Cc1cc(C(=O)[O-])ccc1-c1ccc(/C=N\NC(=S)NCc2ccccc2)o1. The highest BCUT2D eigenvalue weighted by molar-refractivity contribution is 7.80. The lowest BCUT2D eigenvalue weighted by Gasteiger charge is -2.07. The average molecular weight is 392 g/mol. The first kappa shape index (κ1) is 19.3. The molecule has 7 heteroatoms. The van der Waals surface area contributed by atoms with Gasteiger partial charge in [0.1, 0.15) is 11.5 Å². The first-order valence-corrected chi connectivity index (χ1v) is 8.97. The van der Waals surface area contributed by atoms with E-state index in [-0.39, 0.29) is 5.56 Å². The van der Waals surface area contributed by atoms with Gasteiger partial charge in [0, 0.05) is 12.1 Å². The normalized spacial score (nSPS) is 10.8. The van der Waals surface area contributed by atoms with Crippen LogP contribution >= 0.6 is 12.2 Å². The van der Waals surface area contributed by atoms with E-state index in [2.05, 4.69) is 15.8 Å². The lowest BCUT2D eigenvalue weighted by atomic mass is 10.0. The van der Waals surface area contributed by atoms with Crippen molar-refractivity contribution in [2.75, 3.05) is 0 Å². The third-order valence-electron chi connectivity index (χ3n) is 4.01. The van der Waals surface area contributed by atoms with E-state index < -0.39 is 5.97 Å². The van der Waals surface area contributed by atoms with E-state index in [1.165, 1.54) is 12.3 Å². The zero-order valence-electron chi connectivity index (χ0n) is 15.1. The predicted octanol–water partition coefficient (Wildman–Crippen LogP) is 2.62. The Morgan fingerprint density at radius 2 is 1.96 bits per heavy atom. The van der Waals surface area contributed by atoms with Crippen LogP contribution in [-0.2, 0) is 6.54 Å². The largest absolute Gasteiger partial charge is 0.545 e. The molecule has 0 saturated carbocycles. The predicted molar refractivity (Wildman–Crippen MR) is 110 cm³/mol. The monoisotopic (exact) mass is 392 g/mol. The summed E-state index contributed by atoms with van der Waals surface area (Å²) in [6.07, 6.45) is 1.52. The van der Waals surface area contributed by atoms with E-state index in [0.29, 0.717) is 23.2 Å². The zero-order chi connectivity index (χ0) is 19.9. The van der Waals surface area contributed by atoms with Gasteiger partial charge in [0.25, 0.3) is 0 Å². The number of nitrogens with one attached hydrogen (secondary N) is 2. The van der Waals surface area contributed by atoms with E-state index in [0.717, 1.165) is 16.7 Å². The molecule has 0 aliphatic heterocycles. The van der Waals surface area contributed by atoms with E-state index in [1.54, 1.807) is 24.3 Å². The van der Waals surface area contributed by atoms with Crippen LogP contribution in [0.4, 0.5) is 0 Å². The molecule has 0 atom stereocenters. The third-order valence-corrected chi connectivity index (χ3v) is 4.24. The molecule has 0 amide bonds. The number of nitrogens with zero attached hydrogens (tertiary/aromatic N) is 1. The maximum absolute atomic E-state index is 10.9. The van der Waals surface area contributed by atoms with E-state index in [1.807, 2.05) is 37.3 Å². The van der Waals surface area contributed by atoms with Crippen LogP contribution in [-0.4, -0.2) is 17.3 Å². The summed E-state index contributed by atoms with van der Waals surface area (Å²) in [4.78, 5) is 10.9. The second-order valence-electron chi connectivity index (χ2n) is 6.06. The molecule has 0 radical (unpaired) electrons. The molecule has 0 saturated heterocycles. The van der Waals surface area contributed by atoms with Gasteiger partial charge in [0.05, 0.1) is 12.2 Å². The number of carbonyl (C=O) groups is 1. The number of aromatic carboxylic acids is 1. The van der Waals surface area contributed by atoms with Crippen molar-refractivity contribution in [2.24, 2.45) is 5.10 Å². The van der Waals surface area contributed by atoms with Gasteiger partial charge in [-0.15, -0.1) is 0 Å². The molecule has 0 spiro atoms. The molecule has 0 fully saturated rings. The minimum Gasteiger partial charge on any atom is -0.545 e. The van der Waals surface area contributed by atoms with E-state index >= 15 is 0 Å². The zero-order valence-corrected chi connectivity index (χ0v) is 16.0. The number of carbonyl (C=O) groups excluding carboxylic acids is 1. The van der Waals surface area contributed by atoms with Crippen molar-refractivity contribution in [1.29, 1.82) is 0 Å². The first-order chi connectivity index (χ1) is 13.5. The van der Waals surface area contributed by atoms with Gasteiger partial charge in [-0.25, -0.2) is 0 Å². The molecule has 3 rings (SSSR count). The molecular formula is C21H18N3O3S-. The highest BCUT2D eigenvalue weighted by Gasteiger charge is 2.08. The van der Waals surface area contributed by atoms with Gasteiger partial charge in [-0.2, -0.15) is 5.10 Å². The highest BCUT2D eigenvalue weighted by atomic mass is 32.1. The van der Waals surface area contributed by atoms with Gasteiger partial charge in [0.15, 0.2) is 5.11 Å². The minimum absolute atomic E-state index is 0.135. The molecule has 0 bridgehead atoms. The average Bonchev–Trinajstić information content (AvgIpc) is 3.15. The van der Waals surface area contributed by atoms with E-state index in [4.69, 9.17) is 16.6 Å². The second kappa shape index (κ2) is 8.96. The molecule has 1 heterocycles. The number of carboxylic acid groups (broad SMARTS) is 1. The van der Waals surface area contributed by atoms with Crippen molar-refractivity contribution in [2.45, 2.75) is 13.5 Å². The Morgan fingerprint density at radius 1 is 1.18 bits per heavy atom. The first-order valence-electron chi connectivity index (χ1n) is 8.56. The van der Waals surface area contributed by atoms with Crippen molar-refractivity contribution in [3.05, 3.63) is 83.1 Å². The summed E-state index contributed by atoms with van der Waals surface area (Å²) in [5.74, 6) is -0.0461. The van der Waals surface area contributed by atoms with Crippen LogP contribution in [0.1, 0.15) is 27.2 Å². The van der Waals surface area contributed by atoms with E-state index in [9.17, 15) is 9.90 Å². The van der Waals surface area contributed by atoms with Gasteiger partial charge in [-0.05, 0) is 54.0 Å². The topological polar surface area (TPSA) is 89.7 Å². The summed E-state index contributed by atoms with van der Waals surface area (Å²) in [6, 6.07) is 18.2. The van der Waals surface area contributed by atoms with Crippen LogP contribution in [0.5, 0.6) is 0 Å². The van der Waals surface area contributed by atoms with Crippen LogP contribution in [0.15, 0.2) is 70.2 Å². The second-order valence-corrected chi connectivity index (χ2v) is 6.47. The molecule has 28 heavy (non-hydrogen) atoms. The summed E-state index contributed by atoms with van der Waals surface area (Å²) >= 11 is 5.18. The Kier molecular flexibility index (Phi) is 6.18. The number of rotatable bonds is 6. The Bertz CT molecular complexity index is 1010. The van der Waals surface area contributed by atoms with Crippen LogP contribution in [0.3, 0.4) is 0 Å². The summed E-state index contributed by atoms with van der Waals surface area (Å²) in [7, 11) is 0. The third kappa shape index (κ3) is 5.05. The number of hydrogen-bond donors (Lipinski definition) is 2. The van der Waals surface area contributed by atoms with Gasteiger partial charge >= 0.3 is 0 Å². The molecule has 0 aliphatic carbocycles. The van der Waals surface area contributed by atoms with Crippen LogP contribution in [0, 0.1) is 6.92 Å². The van der Waals surface area contributed by atoms with Gasteiger partial charge in [-0.3, -0.25) is 5.43 Å². The lowest BCUT2D eigenvalue weighted by molar-refractivity contribution is -0.255. The fourth-order valence-electron chi connectivity index (χ4n) is 2.61. The number of benzene rings is 2. The van der Waals surface area contributed by atoms with Gasteiger partial charge < -0.3 is 19.6 Å². The summed E-state index contributed by atoms with van der Waals surface area (Å²) in [5.41, 5.74) is 5.58. The number of hydrazone groups is 1. The summed E-state index contributed by atoms with van der Waals surface area (Å²) in [6.45, 7) is 2.42. The fourth-order valence-corrected chi connectivity index (χ4v) is 2.73. The molecule has 0 aliphatic rings. The maximum Gasteiger partial charge on any atom is 0.187 e. The van der Waals surface area contributed by atoms with Crippen LogP contribution in [0.2, 0.25) is 0 Å². The van der Waals surface area contributed by atoms with Gasteiger partial charge in [-0.1, -0.05) is 42.5 Å². The number of furan rings is 1. The van der Waals surface area contributed by atoms with Crippen LogP contribution in [0.25, 0.3) is 11.3 Å². The number of hydrogen-bond acceptors (Lipinski definition) is 5.